The van der Waals surface area contributed by atoms with E-state index in [0.29, 0.717) is 22.3 Å². The van der Waals surface area contributed by atoms with Crippen molar-refractivity contribution in [3.05, 3.63) is 190 Å². The van der Waals surface area contributed by atoms with Crippen molar-refractivity contribution < 1.29 is 0 Å². The summed E-state index contributed by atoms with van der Waals surface area (Å²) in [6.45, 7) is 8.50. The van der Waals surface area contributed by atoms with Gasteiger partial charge in [0.2, 0.25) is 0 Å². The first-order valence-corrected chi connectivity index (χ1v) is 21.3. The summed E-state index contributed by atoms with van der Waals surface area (Å²) in [5.74, 6) is 0. The highest BCUT2D eigenvalue weighted by Gasteiger charge is 2.27. The van der Waals surface area contributed by atoms with E-state index in [1.165, 1.54) is 55.3 Å². The summed E-state index contributed by atoms with van der Waals surface area (Å²) in [5, 5.41) is 47.9. The van der Waals surface area contributed by atoms with E-state index in [-0.39, 0.29) is 0 Å². The fraction of sp³-hybridized carbons (Fsp3) is 0.0667. The van der Waals surface area contributed by atoms with Crippen LogP contribution in [0.1, 0.15) is 44.5 Å². The van der Waals surface area contributed by atoms with Gasteiger partial charge in [0.1, 0.15) is 0 Å². The maximum Gasteiger partial charge on any atom is 0.0991 e. The molecule has 1 aliphatic carbocycles. The van der Waals surface area contributed by atoms with Gasteiger partial charge in [-0.15, -0.1) is 0 Å². The van der Waals surface area contributed by atoms with Crippen LogP contribution in [0.15, 0.2) is 146 Å². The summed E-state index contributed by atoms with van der Waals surface area (Å²) >= 11 is 0. The van der Waals surface area contributed by atoms with Crippen molar-refractivity contribution in [2.45, 2.75) is 27.7 Å². The Morgan fingerprint density at radius 1 is 0.281 bits per heavy atom. The monoisotopic (exact) mass is 812 g/mol. The molecule has 10 aromatic rings. The van der Waals surface area contributed by atoms with Crippen molar-refractivity contribution in [1.82, 2.24) is 0 Å². The van der Waals surface area contributed by atoms with Crippen LogP contribution in [0.3, 0.4) is 0 Å². The van der Waals surface area contributed by atoms with Crippen LogP contribution in [0, 0.1) is 73.0 Å². The van der Waals surface area contributed by atoms with Gasteiger partial charge in [0.05, 0.1) is 46.5 Å². The number of benzene rings is 10. The fourth-order valence-electron chi connectivity index (χ4n) is 10.5. The second kappa shape index (κ2) is 14.4. The molecular weight excluding hydrogens is 777 g/mol. The summed E-state index contributed by atoms with van der Waals surface area (Å²) in [6.07, 6.45) is 0. The molecule has 0 unspecified atom stereocenters. The quantitative estimate of drug-likeness (QED) is 0.165. The molecule has 0 atom stereocenters. The number of hydrogen-bond donors (Lipinski definition) is 0. The van der Waals surface area contributed by atoms with Crippen molar-refractivity contribution in [1.29, 1.82) is 21.0 Å². The van der Waals surface area contributed by atoms with E-state index in [1.54, 1.807) is 0 Å². The summed E-state index contributed by atoms with van der Waals surface area (Å²) in [4.78, 5) is 0. The molecule has 0 N–H and O–H groups in total. The fourth-order valence-corrected chi connectivity index (χ4v) is 10.5. The molecule has 1 aliphatic rings. The Morgan fingerprint density at radius 3 is 1.33 bits per heavy atom. The van der Waals surface area contributed by atoms with Gasteiger partial charge in [-0.05, 0) is 233 Å². The van der Waals surface area contributed by atoms with Gasteiger partial charge >= 0.3 is 0 Å². The summed E-state index contributed by atoms with van der Waals surface area (Å²) in [7, 11) is 0. The normalized spacial score (nSPS) is 11.4. The molecule has 0 bridgehead atoms. The standard InChI is InChI=1S/C60H36N4/c1-33-20-38(30-62)10-15-43(33)51-26-57-53(45-17-12-40(32-64)24-50(45)51)25-52(44-16-11-39(31-63)21-34(44)2)56-28-55-49-19-18-48(46-6-5-7-47(60(46)49)54(55)27-58(56)57)59-35(3)22-42(23-36(59)4)41-13-8-37(29-61)9-14-41/h5-28H,1-4H3. The highest BCUT2D eigenvalue weighted by Crippen LogP contribution is 2.53. The smallest absolute Gasteiger partial charge is 0.0991 e. The Bertz CT molecular complexity index is 3890. The average Bonchev–Trinajstić information content (AvgIpc) is 3.63. The van der Waals surface area contributed by atoms with E-state index >= 15 is 0 Å². The average molecular weight is 813 g/mol. The van der Waals surface area contributed by atoms with Gasteiger partial charge in [-0.25, -0.2) is 0 Å². The molecule has 4 nitrogen and oxygen atoms in total. The molecule has 64 heavy (non-hydrogen) atoms. The molecule has 0 fully saturated rings. The summed E-state index contributed by atoms with van der Waals surface area (Å²) in [5.41, 5.74) is 20.4. The lowest BCUT2D eigenvalue weighted by Gasteiger charge is -2.19. The molecule has 0 aromatic heterocycles. The third-order valence-corrected chi connectivity index (χ3v) is 13.4. The van der Waals surface area contributed by atoms with Gasteiger partial charge in [-0.1, -0.05) is 72.8 Å². The molecule has 0 heterocycles. The first-order chi connectivity index (χ1) is 31.2. The molecule has 0 amide bonds. The minimum Gasteiger partial charge on any atom is -0.192 e. The van der Waals surface area contributed by atoms with E-state index in [0.717, 1.165) is 76.8 Å². The van der Waals surface area contributed by atoms with Crippen LogP contribution in [0.5, 0.6) is 0 Å². The number of aryl methyl sites for hydroxylation is 4. The van der Waals surface area contributed by atoms with Crippen LogP contribution < -0.4 is 0 Å². The largest absolute Gasteiger partial charge is 0.192 e. The van der Waals surface area contributed by atoms with Crippen molar-refractivity contribution in [2.75, 3.05) is 0 Å². The SMILES string of the molecule is Cc1cc(C#N)ccc1-c1cc2c3cc4c(cc3c(-c3ccc(C#N)cc3C)cc2c2ccc(C#N)cc12)-c1ccc(-c2c(C)cc(-c3ccc(C#N)cc3)cc2C)c2cccc-4c12. The van der Waals surface area contributed by atoms with Gasteiger partial charge in [-0.2, -0.15) is 21.0 Å². The topological polar surface area (TPSA) is 95.2 Å². The third-order valence-electron chi connectivity index (χ3n) is 13.4. The van der Waals surface area contributed by atoms with Gasteiger partial charge in [0, 0.05) is 0 Å². The zero-order valence-electron chi connectivity index (χ0n) is 35.6. The van der Waals surface area contributed by atoms with Crippen LogP contribution in [0.2, 0.25) is 0 Å². The molecule has 11 rings (SSSR count). The van der Waals surface area contributed by atoms with Crippen LogP contribution >= 0.6 is 0 Å². The number of fused-ring (bicyclic) bond motifs is 8. The van der Waals surface area contributed by atoms with Crippen molar-refractivity contribution in [3.63, 3.8) is 0 Å². The number of rotatable bonds is 4. The third kappa shape index (κ3) is 5.72. The first-order valence-electron chi connectivity index (χ1n) is 21.3. The van der Waals surface area contributed by atoms with E-state index in [2.05, 4.69) is 124 Å². The lowest BCUT2D eigenvalue weighted by atomic mass is 9.84. The molecule has 0 radical (unpaired) electrons. The maximum atomic E-state index is 10.1. The molecular formula is C60H36N4. The predicted molar refractivity (Wildman–Crippen MR) is 260 cm³/mol. The Morgan fingerprint density at radius 2 is 0.734 bits per heavy atom. The number of hydrogen-bond acceptors (Lipinski definition) is 4. The van der Waals surface area contributed by atoms with Gasteiger partial charge in [0.15, 0.2) is 0 Å². The van der Waals surface area contributed by atoms with Crippen molar-refractivity contribution >= 4 is 43.1 Å². The zero-order chi connectivity index (χ0) is 44.0. The Hall–Kier alpha value is -8.80. The van der Waals surface area contributed by atoms with E-state index < -0.39 is 0 Å². The van der Waals surface area contributed by atoms with Crippen LogP contribution in [-0.2, 0) is 0 Å². The van der Waals surface area contributed by atoms with Crippen LogP contribution in [0.25, 0.3) is 110 Å². The maximum absolute atomic E-state index is 10.1. The first kappa shape index (κ1) is 38.1. The highest BCUT2D eigenvalue weighted by molar-refractivity contribution is 6.28. The molecule has 10 aromatic carbocycles. The van der Waals surface area contributed by atoms with Gasteiger partial charge in [-0.3, -0.25) is 0 Å². The lowest BCUT2D eigenvalue weighted by Crippen LogP contribution is -1.93. The molecule has 296 valence electrons. The molecule has 0 aliphatic heterocycles. The second-order valence-electron chi connectivity index (χ2n) is 17.1. The minimum absolute atomic E-state index is 0.582. The Kier molecular flexibility index (Phi) is 8.58. The Balaban J connectivity index is 1.19. The van der Waals surface area contributed by atoms with E-state index in [1.807, 2.05) is 73.7 Å². The molecule has 0 saturated heterocycles. The van der Waals surface area contributed by atoms with Crippen LogP contribution in [-0.4, -0.2) is 0 Å². The number of nitrogens with zero attached hydrogens (tertiary/aromatic N) is 4. The minimum atomic E-state index is 0.582. The van der Waals surface area contributed by atoms with Gasteiger partial charge < -0.3 is 0 Å². The summed E-state index contributed by atoms with van der Waals surface area (Å²) < 4.78 is 0. The molecule has 0 spiro atoms. The second-order valence-corrected chi connectivity index (χ2v) is 17.1. The Labute approximate surface area is 371 Å². The lowest BCUT2D eigenvalue weighted by molar-refractivity contribution is 1.38. The predicted octanol–water partition coefficient (Wildman–Crippen LogP) is 15.3. The summed E-state index contributed by atoms with van der Waals surface area (Å²) in [6, 6.07) is 59.9. The zero-order valence-corrected chi connectivity index (χ0v) is 35.6. The number of nitriles is 4. The van der Waals surface area contributed by atoms with Crippen LogP contribution in [0.4, 0.5) is 0 Å². The molecule has 0 saturated carbocycles. The van der Waals surface area contributed by atoms with Gasteiger partial charge in [0.25, 0.3) is 0 Å². The highest BCUT2D eigenvalue weighted by atomic mass is 14.3. The van der Waals surface area contributed by atoms with Crippen molar-refractivity contribution in [3.8, 4) is 91.0 Å². The molecule has 4 heteroatoms. The van der Waals surface area contributed by atoms with E-state index in [4.69, 9.17) is 0 Å². The van der Waals surface area contributed by atoms with E-state index in [9.17, 15) is 21.0 Å². The van der Waals surface area contributed by atoms with Crippen molar-refractivity contribution in [2.24, 2.45) is 0 Å².